The zero-order chi connectivity index (χ0) is 6.74. The number of hydrogen-bond donors (Lipinski definition) is 0. The summed E-state index contributed by atoms with van der Waals surface area (Å²) in [5.41, 5.74) is -0.290. The van der Waals surface area contributed by atoms with E-state index in [0.29, 0.717) is 18.5 Å². The van der Waals surface area contributed by atoms with Gasteiger partial charge in [0.1, 0.15) is 5.54 Å². The van der Waals surface area contributed by atoms with Gasteiger partial charge in [0, 0.05) is 5.33 Å². The molecule has 1 aliphatic rings. The molecule has 0 amide bonds. The van der Waals surface area contributed by atoms with E-state index in [1.54, 1.807) is 0 Å². The van der Waals surface area contributed by atoms with Gasteiger partial charge in [-0.3, -0.25) is 0 Å². The SMILES string of the molecule is O=C=NC1(CBr)COC1. The van der Waals surface area contributed by atoms with E-state index >= 15 is 0 Å². The van der Waals surface area contributed by atoms with E-state index in [4.69, 9.17) is 4.74 Å². The number of nitrogens with zero attached hydrogens (tertiary/aromatic N) is 1. The Hall–Kier alpha value is -0.180. The molecule has 1 rings (SSSR count). The first kappa shape index (κ1) is 6.93. The Balaban J connectivity index is 2.56. The Morgan fingerprint density at radius 3 is 2.56 bits per heavy atom. The molecular formula is C5H6BrNO2. The average Bonchev–Trinajstić information content (AvgIpc) is 1.79. The molecule has 1 heterocycles. The summed E-state index contributed by atoms with van der Waals surface area (Å²) >= 11 is 3.23. The van der Waals surface area contributed by atoms with Crippen LogP contribution in [0.3, 0.4) is 0 Å². The summed E-state index contributed by atoms with van der Waals surface area (Å²) in [6.07, 6.45) is 1.53. The van der Waals surface area contributed by atoms with Gasteiger partial charge in [-0.25, -0.2) is 4.79 Å². The van der Waals surface area contributed by atoms with Gasteiger partial charge in [0.2, 0.25) is 6.08 Å². The molecule has 0 atom stereocenters. The molecule has 1 saturated heterocycles. The largest absolute Gasteiger partial charge is 0.376 e. The monoisotopic (exact) mass is 191 g/mol. The highest BCUT2D eigenvalue weighted by molar-refractivity contribution is 9.09. The van der Waals surface area contributed by atoms with Gasteiger partial charge in [-0.1, -0.05) is 15.9 Å². The van der Waals surface area contributed by atoms with Gasteiger partial charge in [0.15, 0.2) is 0 Å². The van der Waals surface area contributed by atoms with Crippen molar-refractivity contribution in [2.24, 2.45) is 4.99 Å². The maximum absolute atomic E-state index is 9.80. The van der Waals surface area contributed by atoms with Crippen LogP contribution in [0.4, 0.5) is 0 Å². The molecule has 0 spiro atoms. The predicted molar refractivity (Wildman–Crippen MR) is 35.5 cm³/mol. The van der Waals surface area contributed by atoms with Gasteiger partial charge in [-0.2, -0.15) is 4.99 Å². The standard InChI is InChI=1S/C5H6BrNO2/c6-1-5(7-4-8)2-9-3-5/h1-3H2. The topological polar surface area (TPSA) is 38.7 Å². The fraction of sp³-hybridized carbons (Fsp3) is 0.800. The van der Waals surface area contributed by atoms with Gasteiger partial charge in [-0.15, -0.1) is 0 Å². The van der Waals surface area contributed by atoms with Gasteiger partial charge in [0.25, 0.3) is 0 Å². The summed E-state index contributed by atoms with van der Waals surface area (Å²) in [7, 11) is 0. The summed E-state index contributed by atoms with van der Waals surface area (Å²) in [5.74, 6) is 0. The minimum atomic E-state index is -0.290. The lowest BCUT2D eigenvalue weighted by Crippen LogP contribution is -2.49. The van der Waals surface area contributed by atoms with Crippen LogP contribution in [0.2, 0.25) is 0 Å². The van der Waals surface area contributed by atoms with Crippen molar-refractivity contribution in [1.82, 2.24) is 0 Å². The number of alkyl halides is 1. The zero-order valence-electron chi connectivity index (χ0n) is 4.76. The van der Waals surface area contributed by atoms with Crippen LogP contribution in [0.5, 0.6) is 0 Å². The van der Waals surface area contributed by atoms with Crippen LogP contribution < -0.4 is 0 Å². The van der Waals surface area contributed by atoms with Crippen LogP contribution in [-0.4, -0.2) is 30.2 Å². The Morgan fingerprint density at radius 1 is 1.78 bits per heavy atom. The number of carbonyl (C=O) groups excluding carboxylic acids is 1. The number of aliphatic imine (C=N–C) groups is 1. The number of halogens is 1. The van der Waals surface area contributed by atoms with Crippen LogP contribution in [0.1, 0.15) is 0 Å². The molecule has 50 valence electrons. The molecule has 0 saturated carbocycles. The van der Waals surface area contributed by atoms with E-state index in [2.05, 4.69) is 20.9 Å². The molecule has 0 bridgehead atoms. The van der Waals surface area contributed by atoms with Gasteiger partial charge in [-0.05, 0) is 0 Å². The fourth-order valence-electron chi connectivity index (χ4n) is 0.606. The van der Waals surface area contributed by atoms with Gasteiger partial charge >= 0.3 is 0 Å². The smallest absolute Gasteiger partial charge is 0.235 e. The number of isocyanates is 1. The number of hydrogen-bond acceptors (Lipinski definition) is 3. The molecule has 0 unspecified atom stereocenters. The molecule has 1 aliphatic heterocycles. The second-order valence-electron chi connectivity index (χ2n) is 2.05. The minimum absolute atomic E-state index is 0.290. The van der Waals surface area contributed by atoms with Crippen LogP contribution in [0.25, 0.3) is 0 Å². The van der Waals surface area contributed by atoms with Crippen LogP contribution in [0, 0.1) is 0 Å². The van der Waals surface area contributed by atoms with Gasteiger partial charge < -0.3 is 4.74 Å². The Labute approximate surface area is 61.2 Å². The predicted octanol–water partition coefficient (Wildman–Crippen LogP) is 0.486. The average molecular weight is 192 g/mol. The summed E-state index contributed by atoms with van der Waals surface area (Å²) in [4.78, 5) is 13.4. The lowest BCUT2D eigenvalue weighted by molar-refractivity contribution is -0.0385. The van der Waals surface area contributed by atoms with E-state index in [1.165, 1.54) is 6.08 Å². The molecule has 1 fully saturated rings. The van der Waals surface area contributed by atoms with E-state index in [9.17, 15) is 4.79 Å². The second-order valence-corrected chi connectivity index (χ2v) is 2.61. The third-order valence-electron chi connectivity index (χ3n) is 1.27. The number of rotatable bonds is 2. The molecule has 0 radical (unpaired) electrons. The molecule has 0 aromatic rings. The zero-order valence-corrected chi connectivity index (χ0v) is 6.35. The highest BCUT2D eigenvalue weighted by Crippen LogP contribution is 2.23. The molecule has 0 aliphatic carbocycles. The molecule has 4 heteroatoms. The lowest BCUT2D eigenvalue weighted by Gasteiger charge is -2.34. The van der Waals surface area contributed by atoms with E-state index in [1.807, 2.05) is 0 Å². The highest BCUT2D eigenvalue weighted by Gasteiger charge is 2.37. The molecule has 0 aromatic carbocycles. The molecular weight excluding hydrogens is 186 g/mol. The van der Waals surface area contributed by atoms with Gasteiger partial charge in [0.05, 0.1) is 13.2 Å². The Morgan fingerprint density at radius 2 is 2.44 bits per heavy atom. The normalized spacial score (nSPS) is 21.9. The van der Waals surface area contributed by atoms with E-state index in [-0.39, 0.29) is 5.54 Å². The first-order valence-electron chi connectivity index (χ1n) is 2.56. The molecule has 0 N–H and O–H groups in total. The van der Waals surface area contributed by atoms with Crippen LogP contribution in [-0.2, 0) is 9.53 Å². The van der Waals surface area contributed by atoms with Crippen molar-refractivity contribution in [3.63, 3.8) is 0 Å². The van der Waals surface area contributed by atoms with Crippen LogP contribution in [0.15, 0.2) is 4.99 Å². The second kappa shape index (κ2) is 2.60. The Kier molecular flexibility index (Phi) is 2.01. The summed E-state index contributed by atoms with van der Waals surface area (Å²) in [6.45, 7) is 1.07. The molecule has 3 nitrogen and oxygen atoms in total. The van der Waals surface area contributed by atoms with Crippen molar-refractivity contribution in [2.75, 3.05) is 18.5 Å². The fourth-order valence-corrected chi connectivity index (χ4v) is 1.06. The van der Waals surface area contributed by atoms with Crippen molar-refractivity contribution in [3.8, 4) is 0 Å². The Bertz CT molecular complexity index is 144. The molecule has 9 heavy (non-hydrogen) atoms. The summed E-state index contributed by atoms with van der Waals surface area (Å²) in [5, 5.41) is 0.676. The maximum atomic E-state index is 9.80. The van der Waals surface area contributed by atoms with Crippen molar-refractivity contribution in [1.29, 1.82) is 0 Å². The van der Waals surface area contributed by atoms with Crippen molar-refractivity contribution < 1.29 is 9.53 Å². The van der Waals surface area contributed by atoms with E-state index in [0.717, 1.165) is 0 Å². The maximum Gasteiger partial charge on any atom is 0.235 e. The first-order valence-corrected chi connectivity index (χ1v) is 3.68. The van der Waals surface area contributed by atoms with Crippen molar-refractivity contribution in [3.05, 3.63) is 0 Å². The van der Waals surface area contributed by atoms with Crippen molar-refractivity contribution in [2.45, 2.75) is 5.54 Å². The summed E-state index contributed by atoms with van der Waals surface area (Å²) in [6, 6.07) is 0. The number of ether oxygens (including phenoxy) is 1. The minimum Gasteiger partial charge on any atom is -0.376 e. The third-order valence-corrected chi connectivity index (χ3v) is 2.32. The molecule has 0 aromatic heterocycles. The summed E-state index contributed by atoms with van der Waals surface area (Å²) < 4.78 is 4.88. The van der Waals surface area contributed by atoms with Crippen LogP contribution >= 0.6 is 15.9 Å². The first-order chi connectivity index (χ1) is 4.33. The van der Waals surface area contributed by atoms with E-state index < -0.39 is 0 Å². The lowest BCUT2D eigenvalue weighted by atomic mass is 10.0. The van der Waals surface area contributed by atoms with Crippen molar-refractivity contribution >= 4 is 22.0 Å². The third kappa shape index (κ3) is 1.21. The quantitative estimate of drug-likeness (QED) is 0.362. The highest BCUT2D eigenvalue weighted by atomic mass is 79.9.